The Morgan fingerprint density at radius 3 is 2.79 bits per heavy atom. The normalized spacial score (nSPS) is 12.3. The maximum Gasteiger partial charge on any atom is 0.234 e. The van der Waals surface area contributed by atoms with E-state index in [0.29, 0.717) is 19.1 Å². The van der Waals surface area contributed by atoms with Gasteiger partial charge in [0, 0.05) is 6.54 Å². The second-order valence-electron chi connectivity index (χ2n) is 3.33. The van der Waals surface area contributed by atoms with Crippen LogP contribution in [0.2, 0.25) is 0 Å². The number of hydrogen-bond acceptors (Lipinski definition) is 2. The zero-order chi connectivity index (χ0) is 11.0. The minimum Gasteiger partial charge on any atom is -0.502 e. The Bertz CT molecular complexity index is 183. The summed E-state index contributed by atoms with van der Waals surface area (Å²) in [6, 6.07) is 0. The Kier molecular flexibility index (Phi) is 7.57. The highest BCUT2D eigenvalue weighted by Crippen LogP contribution is 2.11. The summed E-state index contributed by atoms with van der Waals surface area (Å²) in [4.78, 5) is 11.3. The second-order valence-corrected chi connectivity index (χ2v) is 4.31. The maximum atomic E-state index is 11.4. The van der Waals surface area contributed by atoms with Crippen LogP contribution in [0.1, 0.15) is 20.3 Å². The molecule has 0 spiro atoms. The summed E-state index contributed by atoms with van der Waals surface area (Å²) >= 11 is 3.33. The van der Waals surface area contributed by atoms with Crippen LogP contribution >= 0.6 is 15.9 Å². The van der Waals surface area contributed by atoms with Crippen molar-refractivity contribution >= 4 is 21.8 Å². The van der Waals surface area contributed by atoms with Gasteiger partial charge in [0.15, 0.2) is 0 Å². The van der Waals surface area contributed by atoms with Crippen molar-refractivity contribution in [3.8, 4) is 0 Å². The lowest BCUT2D eigenvalue weighted by Gasteiger charge is -2.13. The SMILES string of the molecule is C=COCCCNC(=O)C(Br)C(C)C. The first-order valence-electron chi connectivity index (χ1n) is 4.74. The van der Waals surface area contributed by atoms with Crippen molar-refractivity contribution in [1.82, 2.24) is 5.32 Å². The molecular weight excluding hydrogens is 246 g/mol. The van der Waals surface area contributed by atoms with Crippen LogP contribution in [0.5, 0.6) is 0 Å². The number of ether oxygens (including phenoxy) is 1. The van der Waals surface area contributed by atoms with Gasteiger partial charge in [-0.15, -0.1) is 0 Å². The van der Waals surface area contributed by atoms with Crippen LogP contribution in [-0.2, 0) is 9.53 Å². The van der Waals surface area contributed by atoms with Crippen LogP contribution < -0.4 is 5.32 Å². The first-order chi connectivity index (χ1) is 6.59. The lowest BCUT2D eigenvalue weighted by molar-refractivity contribution is -0.121. The summed E-state index contributed by atoms with van der Waals surface area (Å²) in [6.45, 7) is 8.66. The summed E-state index contributed by atoms with van der Waals surface area (Å²) in [5.41, 5.74) is 0. The highest BCUT2D eigenvalue weighted by Gasteiger charge is 2.17. The van der Waals surface area contributed by atoms with Gasteiger partial charge in [-0.05, 0) is 12.3 Å². The van der Waals surface area contributed by atoms with Crippen molar-refractivity contribution < 1.29 is 9.53 Å². The molecular formula is C10H18BrNO2. The molecule has 4 heteroatoms. The van der Waals surface area contributed by atoms with Crippen LogP contribution in [0.15, 0.2) is 12.8 Å². The van der Waals surface area contributed by atoms with Crippen molar-refractivity contribution in [1.29, 1.82) is 0 Å². The quantitative estimate of drug-likeness (QED) is 0.434. The van der Waals surface area contributed by atoms with E-state index in [1.165, 1.54) is 6.26 Å². The molecule has 0 saturated heterocycles. The van der Waals surface area contributed by atoms with E-state index in [4.69, 9.17) is 4.74 Å². The van der Waals surface area contributed by atoms with Gasteiger partial charge in [0.1, 0.15) is 0 Å². The minimum absolute atomic E-state index is 0.0404. The molecule has 1 amide bonds. The molecule has 1 N–H and O–H groups in total. The average molecular weight is 264 g/mol. The Labute approximate surface area is 94.0 Å². The van der Waals surface area contributed by atoms with Crippen molar-refractivity contribution in [2.45, 2.75) is 25.1 Å². The number of amides is 1. The average Bonchev–Trinajstić information content (AvgIpc) is 2.16. The molecule has 0 aliphatic heterocycles. The highest BCUT2D eigenvalue weighted by atomic mass is 79.9. The molecule has 0 aromatic rings. The Hall–Kier alpha value is -0.510. The van der Waals surface area contributed by atoms with E-state index in [-0.39, 0.29) is 10.7 Å². The Balaban J connectivity index is 3.49. The van der Waals surface area contributed by atoms with E-state index in [1.807, 2.05) is 13.8 Å². The Morgan fingerprint density at radius 1 is 1.64 bits per heavy atom. The summed E-state index contributed by atoms with van der Waals surface area (Å²) in [6.07, 6.45) is 2.21. The van der Waals surface area contributed by atoms with Crippen LogP contribution in [0, 0.1) is 5.92 Å². The van der Waals surface area contributed by atoms with Crippen molar-refractivity contribution in [3.05, 3.63) is 12.8 Å². The van der Waals surface area contributed by atoms with Gasteiger partial charge in [-0.2, -0.15) is 0 Å². The number of hydrogen-bond donors (Lipinski definition) is 1. The number of carbonyl (C=O) groups excluding carboxylic acids is 1. The molecule has 0 aromatic carbocycles. The summed E-state index contributed by atoms with van der Waals surface area (Å²) < 4.78 is 4.92. The monoisotopic (exact) mass is 263 g/mol. The third-order valence-electron chi connectivity index (χ3n) is 1.69. The fourth-order valence-corrected chi connectivity index (χ4v) is 1.01. The molecule has 1 atom stereocenters. The lowest BCUT2D eigenvalue weighted by atomic mass is 10.1. The van der Waals surface area contributed by atoms with Gasteiger partial charge in [-0.3, -0.25) is 4.79 Å². The largest absolute Gasteiger partial charge is 0.502 e. The summed E-state index contributed by atoms with van der Waals surface area (Å²) in [7, 11) is 0. The van der Waals surface area contributed by atoms with Gasteiger partial charge < -0.3 is 10.1 Å². The summed E-state index contributed by atoms with van der Waals surface area (Å²) in [5, 5.41) is 2.82. The number of nitrogens with one attached hydrogen (secondary N) is 1. The zero-order valence-corrected chi connectivity index (χ0v) is 10.3. The van der Waals surface area contributed by atoms with E-state index >= 15 is 0 Å². The van der Waals surface area contributed by atoms with Crippen LogP contribution in [0.25, 0.3) is 0 Å². The van der Waals surface area contributed by atoms with Gasteiger partial charge in [-0.1, -0.05) is 36.4 Å². The number of rotatable bonds is 7. The molecule has 14 heavy (non-hydrogen) atoms. The smallest absolute Gasteiger partial charge is 0.234 e. The molecule has 0 fully saturated rings. The highest BCUT2D eigenvalue weighted by molar-refractivity contribution is 9.10. The third kappa shape index (κ3) is 6.02. The maximum absolute atomic E-state index is 11.4. The van der Waals surface area contributed by atoms with E-state index in [0.717, 1.165) is 6.42 Å². The van der Waals surface area contributed by atoms with Gasteiger partial charge in [0.25, 0.3) is 0 Å². The van der Waals surface area contributed by atoms with E-state index in [2.05, 4.69) is 27.8 Å². The topological polar surface area (TPSA) is 38.3 Å². The van der Waals surface area contributed by atoms with Crippen LogP contribution in [0.3, 0.4) is 0 Å². The van der Waals surface area contributed by atoms with Crippen molar-refractivity contribution in [2.24, 2.45) is 5.92 Å². The van der Waals surface area contributed by atoms with Gasteiger partial charge >= 0.3 is 0 Å². The summed E-state index contributed by atoms with van der Waals surface area (Å²) in [5.74, 6) is 0.345. The predicted molar refractivity (Wildman–Crippen MR) is 61.3 cm³/mol. The molecule has 1 unspecified atom stereocenters. The predicted octanol–water partition coefficient (Wildman–Crippen LogP) is 2.07. The second kappa shape index (κ2) is 7.85. The molecule has 0 bridgehead atoms. The zero-order valence-electron chi connectivity index (χ0n) is 8.75. The molecule has 3 nitrogen and oxygen atoms in total. The van der Waals surface area contributed by atoms with Gasteiger partial charge in [0.2, 0.25) is 5.91 Å². The first-order valence-corrected chi connectivity index (χ1v) is 5.65. The van der Waals surface area contributed by atoms with Crippen molar-refractivity contribution in [3.63, 3.8) is 0 Å². The fraction of sp³-hybridized carbons (Fsp3) is 0.700. The lowest BCUT2D eigenvalue weighted by Crippen LogP contribution is -2.34. The van der Waals surface area contributed by atoms with Gasteiger partial charge in [0.05, 0.1) is 17.7 Å². The van der Waals surface area contributed by atoms with E-state index < -0.39 is 0 Å². The standard InChI is InChI=1S/C10H18BrNO2/c1-4-14-7-5-6-12-10(13)9(11)8(2)3/h4,8-9H,1,5-7H2,2-3H3,(H,12,13). The fourth-order valence-electron chi connectivity index (χ4n) is 0.851. The third-order valence-corrected chi connectivity index (χ3v) is 3.16. The number of alkyl halides is 1. The first kappa shape index (κ1) is 13.5. The molecule has 0 aromatic heterocycles. The molecule has 0 rings (SSSR count). The van der Waals surface area contributed by atoms with Gasteiger partial charge in [-0.25, -0.2) is 0 Å². The molecule has 0 heterocycles. The molecule has 0 saturated carbocycles. The van der Waals surface area contributed by atoms with Crippen molar-refractivity contribution in [2.75, 3.05) is 13.2 Å². The molecule has 0 aliphatic rings. The number of halogens is 1. The van der Waals surface area contributed by atoms with E-state index in [1.54, 1.807) is 0 Å². The minimum atomic E-state index is -0.108. The van der Waals surface area contributed by atoms with E-state index in [9.17, 15) is 4.79 Å². The molecule has 0 aliphatic carbocycles. The van der Waals surface area contributed by atoms with Crippen LogP contribution in [-0.4, -0.2) is 23.9 Å². The number of carbonyl (C=O) groups is 1. The molecule has 0 radical (unpaired) electrons. The molecule has 82 valence electrons. The van der Waals surface area contributed by atoms with Crippen LogP contribution in [0.4, 0.5) is 0 Å². The Morgan fingerprint density at radius 2 is 2.29 bits per heavy atom.